The molecule has 0 unspecified atom stereocenters. The van der Waals surface area contributed by atoms with Crippen molar-refractivity contribution in [1.29, 1.82) is 0 Å². The number of fused-ring (bicyclic) bond motifs is 4. The van der Waals surface area contributed by atoms with Gasteiger partial charge in [-0.3, -0.25) is 4.79 Å². The first-order valence-electron chi connectivity index (χ1n) is 8.18. The molecule has 0 aromatic heterocycles. The van der Waals surface area contributed by atoms with E-state index < -0.39 is 5.82 Å². The van der Waals surface area contributed by atoms with E-state index in [4.69, 9.17) is 0 Å². The summed E-state index contributed by atoms with van der Waals surface area (Å²) in [5.74, 6) is -0.787. The molecule has 5 rings (SSSR count). The first-order chi connectivity index (χ1) is 12.7. The Morgan fingerprint density at radius 3 is 1.92 bits per heavy atom. The number of amides is 1. The van der Waals surface area contributed by atoms with E-state index in [-0.39, 0.29) is 11.6 Å². The average Bonchev–Trinajstić information content (AvgIpc) is 3.14. The van der Waals surface area contributed by atoms with Gasteiger partial charge in [0.15, 0.2) is 5.71 Å². The van der Waals surface area contributed by atoms with Gasteiger partial charge in [0.1, 0.15) is 11.5 Å². The number of benzene rings is 3. The number of halogens is 1. The van der Waals surface area contributed by atoms with Gasteiger partial charge in [-0.15, -0.1) is 10.2 Å². The Kier molecular flexibility index (Phi) is 3.09. The Labute approximate surface area is 148 Å². The third-order valence-corrected chi connectivity index (χ3v) is 4.60. The van der Waals surface area contributed by atoms with Crippen molar-refractivity contribution in [3.8, 4) is 11.1 Å². The average molecular weight is 341 g/mol. The van der Waals surface area contributed by atoms with Gasteiger partial charge in [0.2, 0.25) is 0 Å². The van der Waals surface area contributed by atoms with Crippen LogP contribution in [0.4, 0.5) is 10.1 Å². The summed E-state index contributed by atoms with van der Waals surface area (Å²) in [6.45, 7) is 0. The van der Waals surface area contributed by atoms with Crippen molar-refractivity contribution in [2.45, 2.75) is 0 Å². The molecule has 0 saturated carbocycles. The Balaban J connectivity index is 1.67. The molecule has 124 valence electrons. The predicted octanol–water partition coefficient (Wildman–Crippen LogP) is 4.00. The van der Waals surface area contributed by atoms with Crippen LogP contribution in [0.15, 0.2) is 76.9 Å². The number of anilines is 1. The first-order valence-corrected chi connectivity index (χ1v) is 8.18. The van der Waals surface area contributed by atoms with Crippen LogP contribution in [0.1, 0.15) is 16.7 Å². The Morgan fingerprint density at radius 1 is 0.692 bits per heavy atom. The smallest absolute Gasteiger partial charge is 0.276 e. The van der Waals surface area contributed by atoms with Gasteiger partial charge >= 0.3 is 0 Å². The van der Waals surface area contributed by atoms with Crippen molar-refractivity contribution in [3.05, 3.63) is 89.2 Å². The van der Waals surface area contributed by atoms with E-state index in [2.05, 4.69) is 15.5 Å². The number of nitrogens with zero attached hydrogens (tertiary/aromatic N) is 2. The fraction of sp³-hybridized carbons (Fsp3) is 0. The minimum Gasteiger partial charge on any atom is -0.320 e. The molecule has 1 aliphatic carbocycles. The lowest BCUT2D eigenvalue weighted by Crippen LogP contribution is -2.14. The van der Waals surface area contributed by atoms with Crippen LogP contribution >= 0.6 is 0 Å². The standard InChI is InChI=1S/C21H12FN3O/c22-12-9-10-17-18(11-12)23-21(26)20(17)25-24-19-15-7-3-1-5-13(15)14-6-2-4-8-16(14)19/h1-11H,(H,23,25,26). The maximum Gasteiger partial charge on any atom is 0.276 e. The molecular weight excluding hydrogens is 329 g/mol. The van der Waals surface area contributed by atoms with Gasteiger partial charge in [0.05, 0.1) is 5.69 Å². The zero-order valence-corrected chi connectivity index (χ0v) is 13.5. The summed E-state index contributed by atoms with van der Waals surface area (Å²) >= 11 is 0. The largest absolute Gasteiger partial charge is 0.320 e. The van der Waals surface area contributed by atoms with E-state index in [1.165, 1.54) is 18.2 Å². The number of carbonyl (C=O) groups excluding carboxylic acids is 1. The molecule has 0 radical (unpaired) electrons. The summed E-state index contributed by atoms with van der Waals surface area (Å²) in [4.78, 5) is 12.2. The quantitative estimate of drug-likeness (QED) is 0.523. The summed E-state index contributed by atoms with van der Waals surface area (Å²) in [5.41, 5.74) is 6.05. The van der Waals surface area contributed by atoms with E-state index in [1.54, 1.807) is 0 Å². The highest BCUT2D eigenvalue weighted by molar-refractivity contribution is 6.53. The summed E-state index contributed by atoms with van der Waals surface area (Å²) in [6.07, 6.45) is 0. The molecule has 4 nitrogen and oxygen atoms in total. The van der Waals surface area contributed by atoms with Crippen LogP contribution in [0.3, 0.4) is 0 Å². The molecule has 1 amide bonds. The Bertz CT molecular complexity index is 1100. The third-order valence-electron chi connectivity index (χ3n) is 4.60. The molecule has 1 heterocycles. The lowest BCUT2D eigenvalue weighted by atomic mass is 10.1. The van der Waals surface area contributed by atoms with Gasteiger partial charge < -0.3 is 5.32 Å². The number of carbonyl (C=O) groups is 1. The van der Waals surface area contributed by atoms with Gasteiger partial charge in [-0.1, -0.05) is 48.5 Å². The van der Waals surface area contributed by atoms with Crippen molar-refractivity contribution >= 4 is 23.0 Å². The number of nitrogens with one attached hydrogen (secondary N) is 1. The first kappa shape index (κ1) is 14.7. The van der Waals surface area contributed by atoms with Gasteiger partial charge in [0.25, 0.3) is 5.91 Å². The second-order valence-electron chi connectivity index (χ2n) is 6.13. The number of hydrogen-bond acceptors (Lipinski definition) is 3. The minimum absolute atomic E-state index is 0.189. The lowest BCUT2D eigenvalue weighted by Gasteiger charge is -1.99. The molecule has 1 aliphatic heterocycles. The van der Waals surface area contributed by atoms with Crippen molar-refractivity contribution in [1.82, 2.24) is 0 Å². The van der Waals surface area contributed by atoms with Crippen LogP contribution in [0.25, 0.3) is 11.1 Å². The van der Waals surface area contributed by atoms with Crippen LogP contribution < -0.4 is 5.32 Å². The monoisotopic (exact) mass is 341 g/mol. The minimum atomic E-state index is -0.407. The van der Waals surface area contributed by atoms with Crippen LogP contribution in [-0.4, -0.2) is 17.3 Å². The molecule has 2 aliphatic rings. The fourth-order valence-corrected chi connectivity index (χ4v) is 3.43. The number of rotatable bonds is 1. The van der Waals surface area contributed by atoms with Gasteiger partial charge in [0, 0.05) is 16.7 Å². The maximum atomic E-state index is 13.4. The molecule has 5 heteroatoms. The normalized spacial score (nSPS) is 15.5. The van der Waals surface area contributed by atoms with E-state index in [0.717, 1.165) is 28.0 Å². The van der Waals surface area contributed by atoms with E-state index >= 15 is 0 Å². The molecule has 1 N–H and O–H groups in total. The van der Waals surface area contributed by atoms with Crippen LogP contribution in [0.5, 0.6) is 0 Å². The zero-order valence-electron chi connectivity index (χ0n) is 13.5. The van der Waals surface area contributed by atoms with E-state index in [9.17, 15) is 9.18 Å². The van der Waals surface area contributed by atoms with Gasteiger partial charge in [-0.25, -0.2) is 4.39 Å². The SMILES string of the molecule is O=C1Nc2cc(F)ccc2/C1=N/N=C1c2ccccc2-c2ccccc21. The second kappa shape index (κ2) is 5.46. The van der Waals surface area contributed by atoms with Gasteiger partial charge in [-0.05, 0) is 29.3 Å². The summed E-state index contributed by atoms with van der Waals surface area (Å²) < 4.78 is 13.4. The molecule has 0 bridgehead atoms. The maximum absolute atomic E-state index is 13.4. The highest BCUT2D eigenvalue weighted by atomic mass is 19.1. The van der Waals surface area contributed by atoms with E-state index in [0.29, 0.717) is 11.3 Å². The van der Waals surface area contributed by atoms with Crippen molar-refractivity contribution in [2.24, 2.45) is 10.2 Å². The third kappa shape index (κ3) is 2.10. The number of hydrogen-bond donors (Lipinski definition) is 1. The summed E-state index contributed by atoms with van der Waals surface area (Å²) in [5, 5.41) is 11.3. The molecule has 0 atom stereocenters. The lowest BCUT2D eigenvalue weighted by molar-refractivity contribution is -0.110. The van der Waals surface area contributed by atoms with Gasteiger partial charge in [-0.2, -0.15) is 0 Å². The molecule has 0 fully saturated rings. The Morgan fingerprint density at radius 2 is 1.27 bits per heavy atom. The topological polar surface area (TPSA) is 53.8 Å². The summed E-state index contributed by atoms with van der Waals surface area (Å²) in [6, 6.07) is 20.1. The van der Waals surface area contributed by atoms with Crippen LogP contribution in [0, 0.1) is 5.82 Å². The zero-order chi connectivity index (χ0) is 17.7. The van der Waals surface area contributed by atoms with Crippen molar-refractivity contribution in [3.63, 3.8) is 0 Å². The molecule has 3 aromatic carbocycles. The molecule has 3 aromatic rings. The van der Waals surface area contributed by atoms with Crippen molar-refractivity contribution < 1.29 is 9.18 Å². The summed E-state index contributed by atoms with van der Waals surface area (Å²) in [7, 11) is 0. The fourth-order valence-electron chi connectivity index (χ4n) is 3.43. The molecule has 0 saturated heterocycles. The van der Waals surface area contributed by atoms with Crippen LogP contribution in [-0.2, 0) is 4.79 Å². The van der Waals surface area contributed by atoms with Crippen molar-refractivity contribution in [2.75, 3.05) is 5.32 Å². The highest BCUT2D eigenvalue weighted by Gasteiger charge is 2.28. The van der Waals surface area contributed by atoms with Crippen LogP contribution in [0.2, 0.25) is 0 Å². The predicted molar refractivity (Wildman–Crippen MR) is 99.1 cm³/mol. The highest BCUT2D eigenvalue weighted by Crippen LogP contribution is 2.36. The Hall–Kier alpha value is -3.60. The molecule has 0 spiro atoms. The molecule has 26 heavy (non-hydrogen) atoms. The molecular formula is C21H12FN3O. The van der Waals surface area contributed by atoms with E-state index in [1.807, 2.05) is 48.5 Å². The second-order valence-corrected chi connectivity index (χ2v) is 6.13.